The van der Waals surface area contributed by atoms with Gasteiger partial charge in [-0.3, -0.25) is 9.79 Å². The largest absolute Gasteiger partial charge is 0.494 e. The number of halogens is 1. The summed E-state index contributed by atoms with van der Waals surface area (Å²) in [5.41, 5.74) is 2.77. The predicted octanol–water partition coefficient (Wildman–Crippen LogP) is 4.24. The molecule has 0 atom stereocenters. The zero-order valence-electron chi connectivity index (χ0n) is 12.3. The molecule has 1 aromatic heterocycles. The molecule has 0 bridgehead atoms. The number of hydrogen-bond acceptors (Lipinski definition) is 3. The molecular weight excluding hydrogens is 314 g/mol. The van der Waals surface area contributed by atoms with Crippen LogP contribution in [0.25, 0.3) is 10.9 Å². The van der Waals surface area contributed by atoms with Gasteiger partial charge < -0.3 is 15.4 Å². The van der Waals surface area contributed by atoms with E-state index in [4.69, 9.17) is 11.6 Å². The number of carbonyl (C=O) groups excluding carboxylic acids is 1. The van der Waals surface area contributed by atoms with Crippen LogP contribution in [0.1, 0.15) is 12.5 Å². The molecule has 23 heavy (non-hydrogen) atoms. The van der Waals surface area contributed by atoms with E-state index in [0.717, 1.165) is 10.9 Å². The number of H-pyrrole nitrogens is 1. The molecule has 5 nitrogen and oxygen atoms in total. The van der Waals surface area contributed by atoms with Crippen LogP contribution in [0.3, 0.4) is 0 Å². The monoisotopic (exact) mass is 327 g/mol. The summed E-state index contributed by atoms with van der Waals surface area (Å²) >= 11 is 5.94. The molecule has 116 valence electrons. The molecule has 3 N–H and O–H groups in total. The van der Waals surface area contributed by atoms with E-state index in [1.807, 2.05) is 6.07 Å². The third-order valence-corrected chi connectivity index (χ3v) is 3.55. The van der Waals surface area contributed by atoms with Crippen molar-refractivity contribution in [3.05, 3.63) is 53.1 Å². The molecule has 0 radical (unpaired) electrons. The zero-order valence-corrected chi connectivity index (χ0v) is 13.1. The summed E-state index contributed by atoms with van der Waals surface area (Å²) in [6.07, 6.45) is 1.59. The van der Waals surface area contributed by atoms with Crippen molar-refractivity contribution in [1.82, 2.24) is 4.98 Å². The number of aromatic amines is 1. The van der Waals surface area contributed by atoms with Crippen LogP contribution in [-0.4, -0.2) is 22.2 Å². The summed E-state index contributed by atoms with van der Waals surface area (Å²) in [4.78, 5) is 18.2. The van der Waals surface area contributed by atoms with E-state index in [1.165, 1.54) is 6.92 Å². The highest BCUT2D eigenvalue weighted by molar-refractivity contribution is 6.31. The van der Waals surface area contributed by atoms with E-state index in [1.54, 1.807) is 42.6 Å². The maximum atomic E-state index is 11.0. The van der Waals surface area contributed by atoms with E-state index in [0.29, 0.717) is 22.0 Å². The van der Waals surface area contributed by atoms with Gasteiger partial charge in [0.25, 0.3) is 0 Å². The second-order valence-corrected chi connectivity index (χ2v) is 5.50. The lowest BCUT2D eigenvalue weighted by Gasteiger charge is -2.01. The highest BCUT2D eigenvalue weighted by atomic mass is 35.5. The van der Waals surface area contributed by atoms with Crippen LogP contribution < -0.4 is 5.32 Å². The van der Waals surface area contributed by atoms with E-state index < -0.39 is 0 Å². The third-order valence-electron chi connectivity index (χ3n) is 3.31. The second-order valence-electron chi connectivity index (χ2n) is 5.06. The van der Waals surface area contributed by atoms with Crippen molar-refractivity contribution in [3.8, 4) is 5.88 Å². The summed E-state index contributed by atoms with van der Waals surface area (Å²) in [7, 11) is 0. The molecule has 6 heteroatoms. The number of nitrogens with zero attached hydrogens (tertiary/aromatic N) is 1. The maximum Gasteiger partial charge on any atom is 0.221 e. The molecule has 3 rings (SSSR count). The van der Waals surface area contributed by atoms with E-state index >= 15 is 0 Å². The standard InChI is InChI=1S/C17H14ClN3O2/c1-10(22)20-13-5-3-12(4-6-13)19-9-15-14-7-2-11(18)8-16(14)21-17(15)23/h2-9,21,23H,1H3,(H,20,22). The second kappa shape index (κ2) is 6.14. The molecule has 0 aliphatic heterocycles. The molecule has 1 heterocycles. The minimum atomic E-state index is -0.122. The van der Waals surface area contributed by atoms with Crippen molar-refractivity contribution in [2.24, 2.45) is 4.99 Å². The van der Waals surface area contributed by atoms with Crippen LogP contribution in [-0.2, 0) is 4.79 Å². The molecule has 0 spiro atoms. The van der Waals surface area contributed by atoms with Crippen molar-refractivity contribution in [1.29, 1.82) is 0 Å². The molecule has 0 saturated heterocycles. The highest BCUT2D eigenvalue weighted by Crippen LogP contribution is 2.28. The predicted molar refractivity (Wildman–Crippen MR) is 93.0 cm³/mol. The smallest absolute Gasteiger partial charge is 0.221 e. The minimum Gasteiger partial charge on any atom is -0.494 e. The minimum absolute atomic E-state index is 0.0425. The van der Waals surface area contributed by atoms with Gasteiger partial charge in [0.15, 0.2) is 5.88 Å². The fourth-order valence-electron chi connectivity index (χ4n) is 2.28. The van der Waals surface area contributed by atoms with Gasteiger partial charge in [-0.05, 0) is 36.4 Å². The van der Waals surface area contributed by atoms with Gasteiger partial charge in [0, 0.05) is 29.2 Å². The number of amides is 1. The average molecular weight is 328 g/mol. The summed E-state index contributed by atoms with van der Waals surface area (Å²) in [5, 5.41) is 14.1. The molecule has 0 aliphatic carbocycles. The quantitative estimate of drug-likeness (QED) is 0.629. The first-order chi connectivity index (χ1) is 11.0. The molecule has 2 aromatic carbocycles. The SMILES string of the molecule is CC(=O)Nc1ccc(N=Cc2c(O)[nH]c3cc(Cl)ccc23)cc1. The van der Waals surface area contributed by atoms with Gasteiger partial charge in [-0.1, -0.05) is 17.7 Å². The van der Waals surface area contributed by atoms with Gasteiger partial charge in [0.05, 0.1) is 16.8 Å². The van der Waals surface area contributed by atoms with Crippen molar-refractivity contribution in [2.75, 3.05) is 5.32 Å². The summed E-state index contributed by atoms with van der Waals surface area (Å²) in [6, 6.07) is 12.4. The number of nitrogens with one attached hydrogen (secondary N) is 2. The third kappa shape index (κ3) is 3.35. The first-order valence-corrected chi connectivity index (χ1v) is 7.32. The Labute approximate surface area is 137 Å². The number of hydrogen-bond donors (Lipinski definition) is 3. The highest BCUT2D eigenvalue weighted by Gasteiger charge is 2.09. The number of benzene rings is 2. The number of aromatic hydroxyl groups is 1. The summed E-state index contributed by atoms with van der Waals surface area (Å²) in [6.45, 7) is 1.46. The summed E-state index contributed by atoms with van der Waals surface area (Å²) < 4.78 is 0. The number of anilines is 1. The normalized spacial score (nSPS) is 11.2. The molecule has 3 aromatic rings. The zero-order chi connectivity index (χ0) is 16.4. The molecule has 0 fully saturated rings. The maximum absolute atomic E-state index is 11.0. The Bertz CT molecular complexity index is 898. The van der Waals surface area contributed by atoms with Crippen LogP contribution in [0.5, 0.6) is 5.88 Å². The average Bonchev–Trinajstić information content (AvgIpc) is 2.80. The van der Waals surface area contributed by atoms with Crippen molar-refractivity contribution in [3.63, 3.8) is 0 Å². The number of rotatable bonds is 3. The Balaban J connectivity index is 1.88. The Morgan fingerprint density at radius 1 is 1.26 bits per heavy atom. The van der Waals surface area contributed by atoms with Crippen LogP contribution in [0.2, 0.25) is 5.02 Å². The molecule has 0 saturated carbocycles. The summed E-state index contributed by atoms with van der Waals surface area (Å²) in [5.74, 6) is -0.0792. The number of fused-ring (bicyclic) bond motifs is 1. The van der Waals surface area contributed by atoms with Crippen LogP contribution in [0, 0.1) is 0 Å². The van der Waals surface area contributed by atoms with E-state index in [9.17, 15) is 9.90 Å². The Kier molecular flexibility index (Phi) is 4.04. The van der Waals surface area contributed by atoms with E-state index in [2.05, 4.69) is 15.3 Å². The molecule has 0 aliphatic rings. The molecular formula is C17H14ClN3O2. The van der Waals surface area contributed by atoms with Crippen LogP contribution in [0.4, 0.5) is 11.4 Å². The lowest BCUT2D eigenvalue weighted by atomic mass is 10.2. The van der Waals surface area contributed by atoms with Gasteiger partial charge in [0.2, 0.25) is 5.91 Å². The Morgan fingerprint density at radius 2 is 2.00 bits per heavy atom. The van der Waals surface area contributed by atoms with Crippen LogP contribution >= 0.6 is 11.6 Å². The fourth-order valence-corrected chi connectivity index (χ4v) is 2.45. The first-order valence-electron chi connectivity index (χ1n) is 6.95. The first kappa shape index (κ1) is 15.1. The Morgan fingerprint density at radius 3 is 2.70 bits per heavy atom. The van der Waals surface area contributed by atoms with Crippen molar-refractivity contribution >= 4 is 46.0 Å². The number of aromatic nitrogens is 1. The van der Waals surface area contributed by atoms with Gasteiger partial charge in [0.1, 0.15) is 0 Å². The topological polar surface area (TPSA) is 77.5 Å². The molecule has 1 amide bonds. The Hall–Kier alpha value is -2.79. The van der Waals surface area contributed by atoms with Gasteiger partial charge in [-0.2, -0.15) is 0 Å². The molecule has 0 unspecified atom stereocenters. The van der Waals surface area contributed by atoms with Crippen molar-refractivity contribution < 1.29 is 9.90 Å². The fraction of sp³-hybridized carbons (Fsp3) is 0.0588. The van der Waals surface area contributed by atoms with Crippen LogP contribution in [0.15, 0.2) is 47.5 Å². The lowest BCUT2D eigenvalue weighted by Crippen LogP contribution is -2.04. The number of carbonyl (C=O) groups is 1. The van der Waals surface area contributed by atoms with Gasteiger partial charge in [-0.15, -0.1) is 0 Å². The van der Waals surface area contributed by atoms with E-state index in [-0.39, 0.29) is 11.8 Å². The lowest BCUT2D eigenvalue weighted by molar-refractivity contribution is -0.114. The van der Waals surface area contributed by atoms with Gasteiger partial charge in [-0.25, -0.2) is 0 Å². The van der Waals surface area contributed by atoms with Crippen molar-refractivity contribution in [2.45, 2.75) is 6.92 Å². The number of aliphatic imine (C=N–C) groups is 1. The van der Waals surface area contributed by atoms with Gasteiger partial charge >= 0.3 is 0 Å².